The highest BCUT2D eigenvalue weighted by Crippen LogP contribution is 2.28. The van der Waals surface area contributed by atoms with Gasteiger partial charge in [-0.15, -0.1) is 0 Å². The number of esters is 1. The second-order valence-electron chi connectivity index (χ2n) is 7.58. The van der Waals surface area contributed by atoms with Gasteiger partial charge in [0.25, 0.3) is 0 Å². The van der Waals surface area contributed by atoms with E-state index in [0.717, 1.165) is 33.8 Å². The largest absolute Gasteiger partial charge is 0.497 e. The van der Waals surface area contributed by atoms with Crippen LogP contribution in [-0.2, 0) is 4.74 Å². The lowest BCUT2D eigenvalue weighted by molar-refractivity contribution is 0.0404. The third-order valence-corrected chi connectivity index (χ3v) is 5.48. The summed E-state index contributed by atoms with van der Waals surface area (Å²) in [5.74, 6) is 0.971. The summed E-state index contributed by atoms with van der Waals surface area (Å²) in [7, 11) is 3.25. The van der Waals surface area contributed by atoms with Gasteiger partial charge in [0.2, 0.25) is 6.10 Å². The number of carbonyl (C=O) groups excluding carboxylic acids is 1. The minimum atomic E-state index is -1.01. The second-order valence-corrected chi connectivity index (χ2v) is 7.58. The number of rotatable bonds is 7. The fourth-order valence-electron chi connectivity index (χ4n) is 3.60. The lowest BCUT2D eigenvalue weighted by atomic mass is 10.0. The minimum Gasteiger partial charge on any atom is -0.497 e. The molecule has 0 aromatic heterocycles. The zero-order valence-corrected chi connectivity index (χ0v) is 18.9. The van der Waals surface area contributed by atoms with Crippen LogP contribution < -0.4 is 9.47 Å². The first-order chi connectivity index (χ1) is 16.6. The highest BCUT2D eigenvalue weighted by molar-refractivity contribution is 5.90. The summed E-state index contributed by atoms with van der Waals surface area (Å²) < 4.78 is 16.0. The Morgan fingerprint density at radius 3 is 1.68 bits per heavy atom. The third kappa shape index (κ3) is 5.08. The molecule has 1 atom stereocenters. The van der Waals surface area contributed by atoms with Crippen LogP contribution in [0.5, 0.6) is 11.5 Å². The van der Waals surface area contributed by atoms with E-state index in [1.54, 1.807) is 38.5 Å². The fourth-order valence-corrected chi connectivity index (χ4v) is 3.60. The Labute approximate surface area is 198 Å². The number of nitrogens with zero attached hydrogens (tertiary/aromatic N) is 1. The predicted molar refractivity (Wildman–Crippen MR) is 131 cm³/mol. The Kier molecular flexibility index (Phi) is 6.90. The summed E-state index contributed by atoms with van der Waals surface area (Å²) in [5.41, 5.74) is 4.87. The van der Waals surface area contributed by atoms with E-state index in [1.807, 2.05) is 72.8 Å². The smallest absolute Gasteiger partial charge is 0.339 e. The van der Waals surface area contributed by atoms with Gasteiger partial charge in [-0.1, -0.05) is 60.7 Å². The van der Waals surface area contributed by atoms with Crippen LogP contribution in [0.25, 0.3) is 22.3 Å². The molecule has 0 amide bonds. The molecule has 4 aromatic rings. The van der Waals surface area contributed by atoms with Gasteiger partial charge in [0.15, 0.2) is 0 Å². The Hall–Kier alpha value is -4.56. The van der Waals surface area contributed by atoms with E-state index in [9.17, 15) is 10.1 Å². The molecule has 0 saturated heterocycles. The standard InChI is InChI=1S/C29H23NO4/c1-32-26-7-3-5-24(17-26)20-9-13-22(14-10-20)28(19-30)34-29(31)23-15-11-21(12-16-23)25-6-4-8-27(18-25)33-2/h3-18,28H,1-2H3. The molecule has 1 unspecified atom stereocenters. The number of nitriles is 1. The number of hydrogen-bond acceptors (Lipinski definition) is 5. The molecule has 0 aliphatic heterocycles. The number of hydrogen-bond donors (Lipinski definition) is 0. The molecular formula is C29H23NO4. The molecule has 0 aliphatic carbocycles. The van der Waals surface area contributed by atoms with E-state index in [4.69, 9.17) is 14.2 Å². The van der Waals surface area contributed by atoms with Gasteiger partial charge in [0.1, 0.15) is 17.6 Å². The molecule has 5 heteroatoms. The summed E-state index contributed by atoms with van der Waals surface area (Å²) in [6.07, 6.45) is -1.01. The predicted octanol–water partition coefficient (Wildman–Crippen LogP) is 6.46. The molecule has 4 rings (SSSR count). The Morgan fingerprint density at radius 2 is 1.21 bits per heavy atom. The maximum atomic E-state index is 12.7. The van der Waals surface area contributed by atoms with Crippen LogP contribution in [0, 0.1) is 11.3 Å². The Morgan fingerprint density at radius 1 is 0.706 bits per heavy atom. The SMILES string of the molecule is COc1cccc(-c2ccc(C(=O)OC(C#N)c3ccc(-c4cccc(OC)c4)cc3)cc2)c1. The minimum absolute atomic E-state index is 0.375. The molecule has 5 nitrogen and oxygen atoms in total. The summed E-state index contributed by atoms with van der Waals surface area (Å²) in [6, 6.07) is 31.9. The lowest BCUT2D eigenvalue weighted by Crippen LogP contribution is -2.10. The monoisotopic (exact) mass is 449 g/mol. The van der Waals surface area contributed by atoms with Gasteiger partial charge in [-0.25, -0.2) is 4.79 Å². The molecule has 168 valence electrons. The zero-order valence-electron chi connectivity index (χ0n) is 18.9. The fraction of sp³-hybridized carbons (Fsp3) is 0.103. The van der Waals surface area contributed by atoms with Crippen molar-refractivity contribution in [2.24, 2.45) is 0 Å². The van der Waals surface area contributed by atoms with E-state index < -0.39 is 12.1 Å². The molecule has 0 saturated carbocycles. The summed E-state index contributed by atoms with van der Waals surface area (Å²) in [6.45, 7) is 0. The molecule has 4 aromatic carbocycles. The van der Waals surface area contributed by atoms with Crippen LogP contribution in [0.3, 0.4) is 0 Å². The van der Waals surface area contributed by atoms with Crippen LogP contribution in [0.1, 0.15) is 22.0 Å². The van der Waals surface area contributed by atoms with Gasteiger partial charge in [-0.2, -0.15) is 5.26 Å². The molecule has 0 fully saturated rings. The summed E-state index contributed by atoms with van der Waals surface area (Å²) in [4.78, 5) is 12.7. The highest BCUT2D eigenvalue weighted by atomic mass is 16.5. The van der Waals surface area contributed by atoms with Gasteiger partial charge in [0, 0.05) is 5.56 Å². The van der Waals surface area contributed by atoms with E-state index in [-0.39, 0.29) is 0 Å². The van der Waals surface area contributed by atoms with Crippen molar-refractivity contribution in [3.63, 3.8) is 0 Å². The van der Waals surface area contributed by atoms with Crippen molar-refractivity contribution in [2.45, 2.75) is 6.10 Å². The molecule has 0 heterocycles. The lowest BCUT2D eigenvalue weighted by Gasteiger charge is -2.13. The van der Waals surface area contributed by atoms with Gasteiger partial charge in [-0.3, -0.25) is 0 Å². The maximum Gasteiger partial charge on any atom is 0.339 e. The normalized spacial score (nSPS) is 11.2. The first kappa shape index (κ1) is 22.6. The quantitative estimate of drug-likeness (QED) is 0.303. The molecule has 0 bridgehead atoms. The van der Waals surface area contributed by atoms with Gasteiger partial charge < -0.3 is 14.2 Å². The number of carbonyl (C=O) groups is 1. The number of methoxy groups -OCH3 is 2. The van der Waals surface area contributed by atoms with Crippen LogP contribution in [-0.4, -0.2) is 20.2 Å². The molecule has 34 heavy (non-hydrogen) atoms. The van der Waals surface area contributed by atoms with Crippen LogP contribution in [0.15, 0.2) is 97.1 Å². The van der Waals surface area contributed by atoms with Gasteiger partial charge in [-0.05, 0) is 58.7 Å². The topological polar surface area (TPSA) is 68.5 Å². The van der Waals surface area contributed by atoms with E-state index >= 15 is 0 Å². The Bertz CT molecular complexity index is 1320. The van der Waals surface area contributed by atoms with Gasteiger partial charge in [0.05, 0.1) is 19.8 Å². The molecule has 0 aliphatic rings. The van der Waals surface area contributed by atoms with Crippen LogP contribution >= 0.6 is 0 Å². The average molecular weight is 450 g/mol. The van der Waals surface area contributed by atoms with E-state index in [2.05, 4.69) is 6.07 Å². The molecular weight excluding hydrogens is 426 g/mol. The molecule has 0 spiro atoms. The van der Waals surface area contributed by atoms with Crippen molar-refractivity contribution in [1.82, 2.24) is 0 Å². The van der Waals surface area contributed by atoms with E-state index in [0.29, 0.717) is 11.1 Å². The van der Waals surface area contributed by atoms with Gasteiger partial charge >= 0.3 is 5.97 Å². The number of benzene rings is 4. The zero-order chi connectivity index (χ0) is 23.9. The first-order valence-corrected chi connectivity index (χ1v) is 10.7. The number of ether oxygens (including phenoxy) is 3. The summed E-state index contributed by atoms with van der Waals surface area (Å²) in [5, 5.41) is 9.62. The average Bonchev–Trinajstić information content (AvgIpc) is 2.92. The molecule has 0 radical (unpaired) electrons. The second kappa shape index (κ2) is 10.4. The van der Waals surface area contributed by atoms with E-state index in [1.165, 1.54) is 0 Å². The highest BCUT2D eigenvalue weighted by Gasteiger charge is 2.18. The van der Waals surface area contributed by atoms with Crippen LogP contribution in [0.4, 0.5) is 0 Å². The van der Waals surface area contributed by atoms with Crippen molar-refractivity contribution in [2.75, 3.05) is 14.2 Å². The first-order valence-electron chi connectivity index (χ1n) is 10.7. The van der Waals surface area contributed by atoms with Crippen molar-refractivity contribution in [1.29, 1.82) is 5.26 Å². The third-order valence-electron chi connectivity index (χ3n) is 5.48. The van der Waals surface area contributed by atoms with Crippen molar-refractivity contribution in [3.05, 3.63) is 108 Å². The van der Waals surface area contributed by atoms with Crippen molar-refractivity contribution >= 4 is 5.97 Å². The van der Waals surface area contributed by atoms with Crippen molar-refractivity contribution < 1.29 is 19.0 Å². The maximum absolute atomic E-state index is 12.7. The van der Waals surface area contributed by atoms with Crippen LogP contribution in [0.2, 0.25) is 0 Å². The van der Waals surface area contributed by atoms with Crippen molar-refractivity contribution in [3.8, 4) is 39.8 Å². The Balaban J connectivity index is 1.46. The molecule has 0 N–H and O–H groups in total. The summed E-state index contributed by atoms with van der Waals surface area (Å²) >= 11 is 0.